The number of methoxy groups -OCH3 is 4. The molecule has 7 rings (SSSR count). The number of rotatable bonds is 15. The molecule has 0 aliphatic rings. The van der Waals surface area contributed by atoms with Crippen LogP contribution >= 0.6 is 0 Å². The quantitative estimate of drug-likeness (QED) is 0.0964. The molecule has 300 valence electrons. The highest BCUT2D eigenvalue weighted by atomic mass is 19.1. The van der Waals surface area contributed by atoms with Crippen LogP contribution in [0.5, 0.6) is 23.5 Å². The molecule has 0 atom stereocenters. The summed E-state index contributed by atoms with van der Waals surface area (Å²) in [4.78, 5) is 17.4. The predicted molar refractivity (Wildman–Crippen MR) is 216 cm³/mol. The number of nitrogens with zero attached hydrogens (tertiary/aromatic N) is 8. The second-order valence-electron chi connectivity index (χ2n) is 12.6. The van der Waals surface area contributed by atoms with Crippen LogP contribution in [-0.2, 0) is 12.8 Å². The van der Waals surface area contributed by atoms with E-state index in [1.807, 2.05) is 48.5 Å². The number of halogens is 2. The Balaban J connectivity index is 0.000000199. The van der Waals surface area contributed by atoms with E-state index in [0.29, 0.717) is 60.3 Å². The molecule has 0 amide bonds. The van der Waals surface area contributed by atoms with E-state index in [0.717, 1.165) is 27.8 Å². The molecule has 0 radical (unpaired) electrons. The molecule has 3 aromatic heterocycles. The second-order valence-corrected chi connectivity index (χ2v) is 12.6. The van der Waals surface area contributed by atoms with E-state index in [9.17, 15) is 8.78 Å². The Hall–Kier alpha value is -7.74. The van der Waals surface area contributed by atoms with Crippen LogP contribution in [0.1, 0.15) is 16.7 Å². The maximum Gasteiger partial charge on any atom is 0.318 e. The number of ether oxygens (including phenoxy) is 4. The number of nitriles is 1. The summed E-state index contributed by atoms with van der Waals surface area (Å²) in [5, 5.41) is 29.6. The lowest BCUT2D eigenvalue weighted by Crippen LogP contribution is -2.08. The van der Waals surface area contributed by atoms with Crippen LogP contribution in [0.15, 0.2) is 97.1 Å². The van der Waals surface area contributed by atoms with Crippen molar-refractivity contribution in [1.82, 2.24) is 40.6 Å². The molecular formula is C42H39F2N11O4. The van der Waals surface area contributed by atoms with Gasteiger partial charge in [-0.25, -0.2) is 8.78 Å². The zero-order valence-electron chi connectivity index (χ0n) is 32.5. The number of benzene rings is 4. The van der Waals surface area contributed by atoms with Gasteiger partial charge in [-0.05, 0) is 71.6 Å². The molecule has 4 aromatic carbocycles. The Kier molecular flexibility index (Phi) is 13.8. The summed E-state index contributed by atoms with van der Waals surface area (Å²) >= 11 is 0. The number of nitrogens with one attached hydrogen (secondary N) is 3. The first-order chi connectivity index (χ1) is 28.8. The van der Waals surface area contributed by atoms with E-state index in [2.05, 4.69) is 57.3 Å². The summed E-state index contributed by atoms with van der Waals surface area (Å²) in [6.45, 7) is 1.10. The van der Waals surface area contributed by atoms with Crippen molar-refractivity contribution in [3.63, 3.8) is 0 Å². The van der Waals surface area contributed by atoms with Gasteiger partial charge in [-0.3, -0.25) is 0 Å². The predicted octanol–water partition coefficient (Wildman–Crippen LogP) is 6.96. The molecule has 0 aliphatic heterocycles. The summed E-state index contributed by atoms with van der Waals surface area (Å²) in [6.07, 6.45) is 1.21. The molecular weight excluding hydrogens is 761 g/mol. The molecule has 0 saturated carbocycles. The first-order valence-corrected chi connectivity index (χ1v) is 18.1. The Labute approximate surface area is 338 Å². The molecule has 3 heterocycles. The standard InChI is InChI=1S/C21H20FN7O2.C21H19FN4O2/c1-30-18-7-6-13(10-16(18)22)8-9-23-19-12-17(24-21(25-19)31-2)14-4-3-5-15(11-14)20-26-28-29-27-20;1-27-19-7-6-14(11-17(19)22)8-9-24-20-12-18(25-21(26-20)28-2)16-5-3-4-15(10-16)13-23/h3-7,10-12H,8-9H2,1-2H3,(H,23,24,25)(H,26,27,28,29);3-7,10-12H,8-9H2,1-2H3,(H,24,25,26). The lowest BCUT2D eigenvalue weighted by molar-refractivity contribution is 0.381. The van der Waals surface area contributed by atoms with Gasteiger partial charge in [0.25, 0.3) is 0 Å². The van der Waals surface area contributed by atoms with Crippen molar-refractivity contribution in [2.75, 3.05) is 52.2 Å². The molecule has 7 aromatic rings. The fourth-order valence-electron chi connectivity index (χ4n) is 5.76. The van der Waals surface area contributed by atoms with Gasteiger partial charge in [0.15, 0.2) is 23.1 Å². The van der Waals surface area contributed by atoms with Gasteiger partial charge in [0.05, 0.1) is 51.5 Å². The van der Waals surface area contributed by atoms with Crippen LogP contribution in [-0.4, -0.2) is 82.1 Å². The number of tetrazole rings is 1. The fraction of sp³-hybridized carbons (Fsp3) is 0.190. The average Bonchev–Trinajstić information content (AvgIpc) is 3.82. The Morgan fingerprint density at radius 3 is 1.61 bits per heavy atom. The zero-order valence-corrected chi connectivity index (χ0v) is 32.5. The summed E-state index contributed by atoms with van der Waals surface area (Å²) in [5.41, 5.74) is 6.00. The van der Waals surface area contributed by atoms with E-state index >= 15 is 0 Å². The lowest BCUT2D eigenvalue weighted by atomic mass is 10.1. The zero-order chi connectivity index (χ0) is 41.6. The van der Waals surface area contributed by atoms with Crippen molar-refractivity contribution in [1.29, 1.82) is 5.26 Å². The summed E-state index contributed by atoms with van der Waals surface area (Å²) in [5.74, 6) is 1.36. The van der Waals surface area contributed by atoms with Crippen LogP contribution in [0.4, 0.5) is 20.4 Å². The van der Waals surface area contributed by atoms with Gasteiger partial charge < -0.3 is 29.6 Å². The van der Waals surface area contributed by atoms with E-state index in [-0.39, 0.29) is 35.2 Å². The van der Waals surface area contributed by atoms with Crippen LogP contribution in [0.2, 0.25) is 0 Å². The molecule has 0 fully saturated rings. The molecule has 0 aliphatic carbocycles. The number of anilines is 2. The molecule has 0 saturated heterocycles. The normalized spacial score (nSPS) is 10.5. The summed E-state index contributed by atoms with van der Waals surface area (Å²) in [7, 11) is 5.89. The van der Waals surface area contributed by atoms with E-state index in [1.54, 1.807) is 36.4 Å². The maximum atomic E-state index is 13.9. The van der Waals surface area contributed by atoms with Crippen molar-refractivity contribution in [3.05, 3.63) is 125 Å². The number of hydrogen-bond donors (Lipinski definition) is 3. The Morgan fingerprint density at radius 1 is 0.610 bits per heavy atom. The third-order valence-corrected chi connectivity index (χ3v) is 8.70. The minimum absolute atomic E-state index is 0.220. The highest BCUT2D eigenvalue weighted by Crippen LogP contribution is 2.27. The van der Waals surface area contributed by atoms with Crippen LogP contribution in [0.3, 0.4) is 0 Å². The summed E-state index contributed by atoms with van der Waals surface area (Å²) in [6, 6.07) is 30.8. The van der Waals surface area contributed by atoms with E-state index in [1.165, 1.54) is 40.6 Å². The minimum Gasteiger partial charge on any atom is -0.494 e. The molecule has 0 bridgehead atoms. The van der Waals surface area contributed by atoms with Crippen LogP contribution < -0.4 is 29.6 Å². The smallest absolute Gasteiger partial charge is 0.318 e. The van der Waals surface area contributed by atoms with Crippen molar-refractivity contribution < 1.29 is 27.7 Å². The number of H-pyrrole nitrogens is 1. The SMILES string of the molecule is COc1nc(NCCc2ccc(OC)c(F)c2)cc(-c2cccc(-c3nn[nH]n3)c2)n1.COc1nc(NCCc2ccc(OC)c(F)c2)cc(-c2cccc(C#N)c2)n1. The first-order valence-electron chi connectivity index (χ1n) is 18.1. The largest absolute Gasteiger partial charge is 0.494 e. The highest BCUT2D eigenvalue weighted by Gasteiger charge is 2.12. The van der Waals surface area contributed by atoms with Crippen molar-refractivity contribution >= 4 is 11.6 Å². The third-order valence-electron chi connectivity index (χ3n) is 8.70. The molecule has 59 heavy (non-hydrogen) atoms. The minimum atomic E-state index is -0.386. The van der Waals surface area contributed by atoms with E-state index in [4.69, 9.17) is 24.2 Å². The van der Waals surface area contributed by atoms with Gasteiger partial charge in [0.2, 0.25) is 5.82 Å². The molecule has 0 spiro atoms. The number of aromatic nitrogens is 8. The van der Waals surface area contributed by atoms with Crippen molar-refractivity contribution in [3.8, 4) is 63.5 Å². The topological polar surface area (TPSA) is 191 Å². The third kappa shape index (κ3) is 11.0. The lowest BCUT2D eigenvalue weighted by Gasteiger charge is -2.10. The first kappa shape index (κ1) is 40.9. The second kappa shape index (κ2) is 19.9. The number of hydrogen-bond acceptors (Lipinski definition) is 14. The van der Waals surface area contributed by atoms with Gasteiger partial charge in [-0.2, -0.15) is 30.4 Å². The van der Waals surface area contributed by atoms with E-state index < -0.39 is 0 Å². The fourth-order valence-corrected chi connectivity index (χ4v) is 5.76. The molecule has 0 unspecified atom stereocenters. The molecule has 15 nitrogen and oxygen atoms in total. The average molecular weight is 800 g/mol. The van der Waals surface area contributed by atoms with Gasteiger partial charge >= 0.3 is 12.0 Å². The van der Waals surface area contributed by atoms with Crippen molar-refractivity contribution in [2.24, 2.45) is 0 Å². The maximum absolute atomic E-state index is 13.9. The Bertz CT molecular complexity index is 2530. The number of aromatic amines is 1. The van der Waals surface area contributed by atoms with Crippen molar-refractivity contribution in [2.45, 2.75) is 12.8 Å². The van der Waals surface area contributed by atoms with Gasteiger partial charge in [-0.15, -0.1) is 10.2 Å². The summed E-state index contributed by atoms with van der Waals surface area (Å²) < 4.78 is 48.0. The molecule has 17 heteroatoms. The van der Waals surface area contributed by atoms with Crippen LogP contribution in [0.25, 0.3) is 33.9 Å². The van der Waals surface area contributed by atoms with Gasteiger partial charge in [0, 0.05) is 41.9 Å². The Morgan fingerprint density at radius 2 is 1.14 bits per heavy atom. The van der Waals surface area contributed by atoms with Crippen LogP contribution in [0, 0.1) is 23.0 Å². The molecule has 3 N–H and O–H groups in total. The van der Waals surface area contributed by atoms with Gasteiger partial charge in [-0.1, -0.05) is 42.5 Å². The monoisotopic (exact) mass is 799 g/mol. The van der Waals surface area contributed by atoms with Gasteiger partial charge in [0.1, 0.15) is 11.6 Å². The highest BCUT2D eigenvalue weighted by molar-refractivity contribution is 5.69.